The molecule has 2 heterocycles. The van der Waals surface area contributed by atoms with E-state index in [1.807, 2.05) is 24.3 Å². The molecule has 0 unspecified atom stereocenters. The molecule has 128 valence electrons. The molecule has 2 aromatic carbocycles. The van der Waals surface area contributed by atoms with Crippen molar-refractivity contribution >= 4 is 49.5 Å². The number of para-hydroxylation sites is 3. The number of hydrogen-bond acceptors (Lipinski definition) is 5. The molecule has 0 aliphatic rings. The van der Waals surface area contributed by atoms with Crippen LogP contribution in [0.1, 0.15) is 19.3 Å². The van der Waals surface area contributed by atoms with Gasteiger partial charge in [-0.15, -0.1) is 0 Å². The zero-order chi connectivity index (χ0) is 16.9. The van der Waals surface area contributed by atoms with Crippen LogP contribution in [0, 0.1) is 0 Å². The van der Waals surface area contributed by atoms with E-state index in [2.05, 4.69) is 44.5 Å². The van der Waals surface area contributed by atoms with Crippen molar-refractivity contribution in [2.24, 2.45) is 0 Å². The van der Waals surface area contributed by atoms with E-state index < -0.39 is 0 Å². The van der Waals surface area contributed by atoms with Crippen LogP contribution in [0.25, 0.3) is 21.3 Å². The topological polar surface area (TPSA) is 53.6 Å². The average Bonchev–Trinajstić information content (AvgIpc) is 3.23. The molecule has 2 N–H and O–H groups in total. The van der Waals surface area contributed by atoms with Gasteiger partial charge in [-0.3, -0.25) is 0 Å². The van der Waals surface area contributed by atoms with Crippen molar-refractivity contribution in [1.29, 1.82) is 0 Å². The molecule has 0 saturated carbocycles. The number of rotatable bonds is 8. The van der Waals surface area contributed by atoms with Crippen LogP contribution in [0.3, 0.4) is 0 Å². The van der Waals surface area contributed by atoms with Crippen LogP contribution in [0.4, 0.5) is 5.13 Å². The summed E-state index contributed by atoms with van der Waals surface area (Å²) < 4.78 is 1.24. The van der Waals surface area contributed by atoms with Crippen molar-refractivity contribution < 1.29 is 0 Å². The molecule has 4 rings (SSSR count). The third kappa shape index (κ3) is 4.14. The summed E-state index contributed by atoms with van der Waals surface area (Å²) in [7, 11) is 0. The molecule has 0 saturated heterocycles. The van der Waals surface area contributed by atoms with Gasteiger partial charge in [0, 0.05) is 12.3 Å². The number of benzene rings is 2. The zero-order valence-electron chi connectivity index (χ0n) is 13.9. The van der Waals surface area contributed by atoms with Crippen molar-refractivity contribution in [3.05, 3.63) is 48.5 Å². The molecule has 4 aromatic rings. The van der Waals surface area contributed by atoms with Crippen LogP contribution in [0.5, 0.6) is 0 Å². The summed E-state index contributed by atoms with van der Waals surface area (Å²) in [5.74, 6) is 1.10. The van der Waals surface area contributed by atoms with Crippen LogP contribution in [-0.4, -0.2) is 27.2 Å². The lowest BCUT2D eigenvalue weighted by Crippen LogP contribution is -2.00. The van der Waals surface area contributed by atoms with Crippen molar-refractivity contribution in [2.75, 3.05) is 17.6 Å². The molecule has 0 radical (unpaired) electrons. The molecule has 6 heteroatoms. The molecule has 0 amide bonds. The van der Waals surface area contributed by atoms with E-state index in [-0.39, 0.29) is 0 Å². The Bertz CT molecular complexity index is 816. The van der Waals surface area contributed by atoms with E-state index in [4.69, 9.17) is 0 Å². The standard InChI is InChI=1S/C19H20N4S2/c1(6-12-20-18-23-16-10-4-5-11-17(16)25-18)7-13-24-19-21-14-8-2-3-9-15(14)22-19/h2-5,8-11H,1,6-7,12-13H2,(H,20,23)(H,21,22). The second kappa shape index (κ2) is 7.89. The van der Waals surface area contributed by atoms with Crippen LogP contribution in [0.15, 0.2) is 53.7 Å². The Morgan fingerprint density at radius 1 is 0.920 bits per heavy atom. The lowest BCUT2D eigenvalue weighted by atomic mass is 10.2. The fourth-order valence-corrected chi connectivity index (χ4v) is 4.49. The lowest BCUT2D eigenvalue weighted by molar-refractivity contribution is 0.748. The van der Waals surface area contributed by atoms with E-state index in [9.17, 15) is 0 Å². The molecule has 2 aromatic heterocycles. The third-order valence-corrected chi connectivity index (χ3v) is 5.95. The Kier molecular flexibility index (Phi) is 5.18. The third-order valence-electron chi connectivity index (χ3n) is 4.00. The number of thioether (sulfide) groups is 1. The normalized spacial score (nSPS) is 11.4. The van der Waals surface area contributed by atoms with Gasteiger partial charge in [0.15, 0.2) is 10.3 Å². The molecule has 0 bridgehead atoms. The van der Waals surface area contributed by atoms with Crippen molar-refractivity contribution in [2.45, 2.75) is 24.4 Å². The van der Waals surface area contributed by atoms with Gasteiger partial charge in [-0.05, 0) is 37.1 Å². The Morgan fingerprint density at radius 2 is 1.76 bits per heavy atom. The minimum atomic E-state index is 0.981. The number of nitrogens with zero attached hydrogens (tertiary/aromatic N) is 2. The Morgan fingerprint density at radius 3 is 2.64 bits per heavy atom. The van der Waals surface area contributed by atoms with Gasteiger partial charge in [0.25, 0.3) is 0 Å². The Hall–Kier alpha value is -2.05. The maximum atomic E-state index is 4.60. The minimum absolute atomic E-state index is 0.981. The van der Waals surface area contributed by atoms with Gasteiger partial charge >= 0.3 is 0 Å². The largest absolute Gasteiger partial charge is 0.361 e. The van der Waals surface area contributed by atoms with Crippen LogP contribution in [0.2, 0.25) is 0 Å². The van der Waals surface area contributed by atoms with Crippen LogP contribution in [-0.2, 0) is 0 Å². The van der Waals surface area contributed by atoms with Gasteiger partial charge in [0.1, 0.15) is 0 Å². The van der Waals surface area contributed by atoms with E-state index in [0.29, 0.717) is 0 Å². The van der Waals surface area contributed by atoms with Gasteiger partial charge in [0.05, 0.1) is 21.3 Å². The summed E-state index contributed by atoms with van der Waals surface area (Å²) in [4.78, 5) is 12.6. The second-order valence-electron chi connectivity index (χ2n) is 5.88. The number of unbranched alkanes of at least 4 members (excludes halogenated alkanes) is 2. The van der Waals surface area contributed by atoms with Gasteiger partial charge < -0.3 is 10.3 Å². The molecular weight excluding hydrogens is 348 g/mol. The number of hydrogen-bond donors (Lipinski definition) is 2. The molecule has 0 spiro atoms. The molecule has 0 aliphatic carbocycles. The summed E-state index contributed by atoms with van der Waals surface area (Å²) in [5.41, 5.74) is 3.24. The maximum absolute atomic E-state index is 4.60. The number of H-pyrrole nitrogens is 1. The highest BCUT2D eigenvalue weighted by Gasteiger charge is 2.03. The predicted molar refractivity (Wildman–Crippen MR) is 109 cm³/mol. The average molecular weight is 369 g/mol. The van der Waals surface area contributed by atoms with Gasteiger partial charge in [-0.1, -0.05) is 53.8 Å². The number of aromatic nitrogens is 3. The monoisotopic (exact) mass is 368 g/mol. The van der Waals surface area contributed by atoms with Crippen molar-refractivity contribution in [1.82, 2.24) is 15.0 Å². The van der Waals surface area contributed by atoms with E-state index in [0.717, 1.165) is 45.6 Å². The van der Waals surface area contributed by atoms with Crippen molar-refractivity contribution in [3.8, 4) is 0 Å². The molecule has 25 heavy (non-hydrogen) atoms. The van der Waals surface area contributed by atoms with E-state index >= 15 is 0 Å². The molecule has 0 atom stereocenters. The smallest absolute Gasteiger partial charge is 0.183 e. The summed E-state index contributed by atoms with van der Waals surface area (Å²) >= 11 is 3.53. The molecule has 4 nitrogen and oxygen atoms in total. The van der Waals surface area contributed by atoms with Gasteiger partial charge in [0.2, 0.25) is 0 Å². The number of thiazole rings is 1. The minimum Gasteiger partial charge on any atom is -0.361 e. The first-order chi connectivity index (χ1) is 12.4. The zero-order valence-corrected chi connectivity index (χ0v) is 15.5. The first-order valence-corrected chi connectivity index (χ1v) is 10.4. The fourth-order valence-electron chi connectivity index (χ4n) is 2.71. The van der Waals surface area contributed by atoms with E-state index in [1.54, 1.807) is 23.1 Å². The number of nitrogens with one attached hydrogen (secondary N) is 2. The molecule has 0 fully saturated rings. The highest BCUT2D eigenvalue weighted by molar-refractivity contribution is 7.99. The number of anilines is 1. The highest BCUT2D eigenvalue weighted by atomic mass is 32.2. The maximum Gasteiger partial charge on any atom is 0.183 e. The first-order valence-electron chi connectivity index (χ1n) is 8.55. The second-order valence-corrected chi connectivity index (χ2v) is 8.00. The van der Waals surface area contributed by atoms with Gasteiger partial charge in [-0.2, -0.15) is 0 Å². The van der Waals surface area contributed by atoms with E-state index in [1.165, 1.54) is 17.5 Å². The van der Waals surface area contributed by atoms with Crippen molar-refractivity contribution in [3.63, 3.8) is 0 Å². The predicted octanol–water partition coefficient (Wildman–Crippen LogP) is 5.55. The summed E-state index contributed by atoms with van der Waals surface area (Å²) in [6, 6.07) is 16.4. The fraction of sp³-hybridized carbons (Fsp3) is 0.263. The quantitative estimate of drug-likeness (QED) is 0.316. The van der Waals surface area contributed by atoms with Crippen LogP contribution < -0.4 is 5.32 Å². The first kappa shape index (κ1) is 16.4. The molecular formula is C19H20N4S2. The Balaban J connectivity index is 1.15. The number of imidazole rings is 1. The number of fused-ring (bicyclic) bond motifs is 2. The molecule has 0 aliphatic heterocycles. The number of aromatic amines is 1. The summed E-state index contributed by atoms with van der Waals surface area (Å²) in [6.07, 6.45) is 3.57. The lowest BCUT2D eigenvalue weighted by Gasteiger charge is -2.02. The van der Waals surface area contributed by atoms with Crippen LogP contribution >= 0.6 is 23.1 Å². The SMILES string of the molecule is c1ccc2[nH]c(SCCCCCNc3nc4ccccc4s3)nc2c1. The highest BCUT2D eigenvalue weighted by Crippen LogP contribution is 2.25. The summed E-state index contributed by atoms with van der Waals surface area (Å²) in [6.45, 7) is 0.981. The summed E-state index contributed by atoms with van der Waals surface area (Å²) in [5, 5.41) is 5.49. The Labute approximate surface area is 155 Å². The van der Waals surface area contributed by atoms with Gasteiger partial charge in [-0.25, -0.2) is 9.97 Å².